The number of nitrogens with one attached hydrogen (secondary N) is 1. The van der Waals surface area contributed by atoms with Crippen LogP contribution in [0.15, 0.2) is 59.4 Å². The number of carbonyl (C=O) groups is 2. The van der Waals surface area contributed by atoms with Gasteiger partial charge in [-0.05, 0) is 62.1 Å². The monoisotopic (exact) mass is 416 g/mol. The Bertz CT molecular complexity index is 1230. The Balaban J connectivity index is 1.56. The zero-order chi connectivity index (χ0) is 22.1. The molecule has 0 fully saturated rings. The van der Waals surface area contributed by atoms with E-state index in [1.54, 1.807) is 4.90 Å². The van der Waals surface area contributed by atoms with Crippen LogP contribution >= 0.6 is 0 Å². The van der Waals surface area contributed by atoms with Crippen LogP contribution in [0.1, 0.15) is 34.1 Å². The third-order valence-corrected chi connectivity index (χ3v) is 5.68. The van der Waals surface area contributed by atoms with Crippen LogP contribution in [0.5, 0.6) is 0 Å². The second-order valence-corrected chi connectivity index (χ2v) is 7.87. The number of hydrogen-bond donors (Lipinski definition) is 1. The number of hydrogen-bond acceptors (Lipinski definition) is 4. The number of anilines is 2. The van der Waals surface area contributed by atoms with Crippen molar-refractivity contribution in [1.29, 1.82) is 0 Å². The van der Waals surface area contributed by atoms with Gasteiger partial charge in [0.25, 0.3) is 11.5 Å². The van der Waals surface area contributed by atoms with Crippen LogP contribution in [0.2, 0.25) is 0 Å². The number of carbonyl (C=O) groups excluding carboxylic acids is 2. The molecule has 0 saturated carbocycles. The summed E-state index contributed by atoms with van der Waals surface area (Å²) in [6.45, 7) is 5.58. The minimum atomic E-state index is -0.442. The van der Waals surface area contributed by atoms with Gasteiger partial charge in [-0.1, -0.05) is 30.3 Å². The summed E-state index contributed by atoms with van der Waals surface area (Å²) < 4.78 is 1.03. The van der Waals surface area contributed by atoms with Crippen LogP contribution in [-0.2, 0) is 17.8 Å². The van der Waals surface area contributed by atoms with Gasteiger partial charge in [-0.3, -0.25) is 14.4 Å². The van der Waals surface area contributed by atoms with Crippen molar-refractivity contribution in [2.75, 3.05) is 10.2 Å². The topological polar surface area (TPSA) is 84.3 Å². The summed E-state index contributed by atoms with van der Waals surface area (Å²) in [5, 5.41) is 7.01. The van der Waals surface area contributed by atoms with Gasteiger partial charge in [0.2, 0.25) is 5.91 Å². The van der Waals surface area contributed by atoms with Gasteiger partial charge in [0.15, 0.2) is 0 Å². The van der Waals surface area contributed by atoms with E-state index in [0.29, 0.717) is 5.69 Å². The fraction of sp³-hybridized carbons (Fsp3) is 0.250. The van der Waals surface area contributed by atoms with E-state index in [-0.39, 0.29) is 30.1 Å². The van der Waals surface area contributed by atoms with Crippen LogP contribution in [0.25, 0.3) is 0 Å². The van der Waals surface area contributed by atoms with Crippen molar-refractivity contribution in [3.63, 3.8) is 0 Å². The molecule has 0 radical (unpaired) electrons. The van der Waals surface area contributed by atoms with Crippen molar-refractivity contribution in [3.8, 4) is 0 Å². The number of fused-ring (bicyclic) bond motifs is 1. The average molecular weight is 416 g/mol. The van der Waals surface area contributed by atoms with Crippen LogP contribution in [0.4, 0.5) is 11.4 Å². The lowest BCUT2D eigenvalue weighted by Gasteiger charge is -2.22. The Morgan fingerprint density at radius 2 is 1.84 bits per heavy atom. The van der Waals surface area contributed by atoms with Crippen molar-refractivity contribution in [2.24, 2.45) is 0 Å². The molecule has 7 nitrogen and oxygen atoms in total. The van der Waals surface area contributed by atoms with E-state index in [0.717, 1.165) is 33.5 Å². The van der Waals surface area contributed by atoms with Gasteiger partial charge in [0, 0.05) is 23.5 Å². The zero-order valence-corrected chi connectivity index (χ0v) is 17.8. The number of benzene rings is 2. The molecule has 0 spiro atoms. The molecule has 2 aromatic carbocycles. The minimum absolute atomic E-state index is 0.0142. The molecule has 7 heteroatoms. The van der Waals surface area contributed by atoms with Crippen molar-refractivity contribution in [2.45, 2.75) is 39.8 Å². The molecular weight excluding hydrogens is 392 g/mol. The quantitative estimate of drug-likeness (QED) is 0.708. The van der Waals surface area contributed by atoms with Gasteiger partial charge in [-0.2, -0.15) is 5.10 Å². The van der Waals surface area contributed by atoms with Crippen molar-refractivity contribution < 1.29 is 9.59 Å². The molecule has 2 heterocycles. The first-order valence-electron chi connectivity index (χ1n) is 10.2. The third-order valence-electron chi connectivity index (χ3n) is 5.68. The summed E-state index contributed by atoms with van der Waals surface area (Å²) in [7, 11) is 0. The van der Waals surface area contributed by atoms with E-state index < -0.39 is 5.56 Å². The molecule has 4 rings (SSSR count). The third kappa shape index (κ3) is 3.99. The van der Waals surface area contributed by atoms with Crippen molar-refractivity contribution in [3.05, 3.63) is 87.3 Å². The number of rotatable bonds is 4. The van der Waals surface area contributed by atoms with Crippen LogP contribution in [0.3, 0.4) is 0 Å². The van der Waals surface area contributed by atoms with Crippen molar-refractivity contribution >= 4 is 23.2 Å². The first kappa shape index (κ1) is 20.5. The Morgan fingerprint density at radius 3 is 2.65 bits per heavy atom. The molecule has 1 N–H and O–H groups in total. The highest BCUT2D eigenvalue weighted by molar-refractivity contribution is 6.06. The largest absolute Gasteiger partial charge is 0.324 e. The normalized spacial score (nSPS) is 14.9. The van der Waals surface area contributed by atoms with Gasteiger partial charge >= 0.3 is 0 Å². The fourth-order valence-electron chi connectivity index (χ4n) is 3.89. The lowest BCUT2D eigenvalue weighted by atomic mass is 10.1. The molecule has 1 aromatic heterocycles. The number of aromatic nitrogens is 2. The number of aryl methyl sites for hydroxylation is 1. The summed E-state index contributed by atoms with van der Waals surface area (Å²) in [5.74, 6) is -0.672. The van der Waals surface area contributed by atoms with E-state index in [1.165, 1.54) is 12.1 Å². The number of amides is 2. The molecule has 1 aliphatic rings. The molecule has 158 valence electrons. The smallest absolute Gasteiger partial charge is 0.278 e. The lowest BCUT2D eigenvalue weighted by Crippen LogP contribution is -2.38. The lowest BCUT2D eigenvalue weighted by molar-refractivity contribution is -0.117. The minimum Gasteiger partial charge on any atom is -0.324 e. The summed E-state index contributed by atoms with van der Waals surface area (Å²) in [6.07, 6.45) is 0.764. The molecule has 0 saturated heterocycles. The highest BCUT2D eigenvalue weighted by atomic mass is 16.2. The van der Waals surface area contributed by atoms with Crippen LogP contribution in [0, 0.1) is 13.8 Å². The Morgan fingerprint density at radius 1 is 1.06 bits per heavy atom. The summed E-state index contributed by atoms with van der Waals surface area (Å²) >= 11 is 0. The molecule has 31 heavy (non-hydrogen) atoms. The molecular formula is C24H24N4O3. The van der Waals surface area contributed by atoms with Gasteiger partial charge in [-0.25, -0.2) is 4.68 Å². The second kappa shape index (κ2) is 8.18. The molecule has 1 aliphatic heterocycles. The Hall–Kier alpha value is -3.74. The molecule has 0 aliphatic carbocycles. The first-order chi connectivity index (χ1) is 14.8. The highest BCUT2D eigenvalue weighted by Crippen LogP contribution is 2.32. The van der Waals surface area contributed by atoms with E-state index in [2.05, 4.69) is 10.4 Å². The number of para-hydroxylation sites is 1. The fourth-order valence-corrected chi connectivity index (χ4v) is 3.89. The maximum Gasteiger partial charge on any atom is 0.278 e. The van der Waals surface area contributed by atoms with E-state index in [1.807, 2.05) is 63.2 Å². The molecule has 0 bridgehead atoms. The Labute approximate surface area is 180 Å². The van der Waals surface area contributed by atoms with Crippen molar-refractivity contribution in [1.82, 2.24) is 9.78 Å². The summed E-state index contributed by atoms with van der Waals surface area (Å²) in [5.41, 5.74) is 4.34. The van der Waals surface area contributed by atoms with Gasteiger partial charge in [0.1, 0.15) is 12.2 Å². The predicted octanol–water partition coefficient (Wildman–Crippen LogP) is 3.09. The van der Waals surface area contributed by atoms with Crippen LogP contribution < -0.4 is 15.8 Å². The first-order valence-corrected chi connectivity index (χ1v) is 10.2. The standard InChI is InChI=1S/C24H24N4O3/c1-15-7-6-9-19(17(15)3)25-22(29)14-27-23(30)12-11-20(26-27)24(31)28-16(2)13-18-8-4-5-10-21(18)28/h4-12,16H,13-14H2,1-3H3,(H,25,29). The molecule has 1 atom stereocenters. The number of nitrogens with zero attached hydrogens (tertiary/aromatic N) is 3. The second-order valence-electron chi connectivity index (χ2n) is 7.87. The zero-order valence-electron chi connectivity index (χ0n) is 17.8. The van der Waals surface area contributed by atoms with Gasteiger partial charge in [0.05, 0.1) is 0 Å². The Kier molecular flexibility index (Phi) is 5.42. The maximum atomic E-state index is 13.2. The van der Waals surface area contributed by atoms with Gasteiger partial charge < -0.3 is 10.2 Å². The molecule has 2 amide bonds. The molecule has 3 aromatic rings. The highest BCUT2D eigenvalue weighted by Gasteiger charge is 2.32. The SMILES string of the molecule is Cc1cccc(NC(=O)Cn2nc(C(=O)N3c4ccccc4CC3C)ccc2=O)c1C. The van der Waals surface area contributed by atoms with E-state index >= 15 is 0 Å². The maximum absolute atomic E-state index is 13.2. The van der Waals surface area contributed by atoms with Gasteiger partial charge in [-0.15, -0.1) is 0 Å². The summed E-state index contributed by atoms with van der Waals surface area (Å²) in [4.78, 5) is 39.7. The average Bonchev–Trinajstić information content (AvgIpc) is 3.08. The summed E-state index contributed by atoms with van der Waals surface area (Å²) in [6, 6.07) is 16.1. The van der Waals surface area contributed by atoms with Crippen LogP contribution in [-0.4, -0.2) is 27.6 Å². The van der Waals surface area contributed by atoms with E-state index in [4.69, 9.17) is 0 Å². The predicted molar refractivity (Wildman–Crippen MR) is 119 cm³/mol. The molecule has 1 unspecified atom stereocenters. The van der Waals surface area contributed by atoms with E-state index in [9.17, 15) is 14.4 Å².